The molecule has 2 aromatic rings. The molecule has 2 aliphatic rings. The molecule has 2 atom stereocenters. The van der Waals surface area contributed by atoms with Crippen LogP contribution >= 0.6 is 0 Å². The Bertz CT molecular complexity index is 1200. The number of cyclic esters (lactones) is 1. The predicted molar refractivity (Wildman–Crippen MR) is 113 cm³/mol. The fourth-order valence-corrected chi connectivity index (χ4v) is 4.63. The molecule has 2 bridgehead atoms. The lowest BCUT2D eigenvalue weighted by atomic mass is 9.57. The number of hydrogen-bond acceptors (Lipinski definition) is 6. The fraction of sp³-hybridized carbons (Fsp3) is 0.435. The van der Waals surface area contributed by atoms with Gasteiger partial charge in [-0.3, -0.25) is 4.79 Å². The Labute approximate surface area is 195 Å². The van der Waals surface area contributed by atoms with E-state index in [0.717, 1.165) is 17.5 Å². The third kappa shape index (κ3) is 4.11. The highest BCUT2D eigenvalue weighted by molar-refractivity contribution is 7.86. The van der Waals surface area contributed by atoms with E-state index in [1.807, 2.05) is 56.3 Å². The van der Waals surface area contributed by atoms with Gasteiger partial charge in [-0.2, -0.15) is 13.2 Å². The number of halogens is 3. The van der Waals surface area contributed by atoms with Crippen molar-refractivity contribution in [3.05, 3.63) is 54.9 Å². The van der Waals surface area contributed by atoms with Gasteiger partial charge in [-0.25, -0.2) is 13.2 Å². The van der Waals surface area contributed by atoms with Crippen molar-refractivity contribution in [2.24, 2.45) is 16.2 Å². The zero-order valence-corrected chi connectivity index (χ0v) is 19.6. The summed E-state index contributed by atoms with van der Waals surface area (Å²) in [4.78, 5) is 26.2. The summed E-state index contributed by atoms with van der Waals surface area (Å²) in [5.74, 6) is -0.558. The highest BCUT2D eigenvalue weighted by atomic mass is 32.2. The number of aromatic nitrogens is 1. The van der Waals surface area contributed by atoms with Gasteiger partial charge in [0.05, 0.1) is 6.61 Å². The van der Waals surface area contributed by atoms with E-state index in [2.05, 4.69) is 6.92 Å². The van der Waals surface area contributed by atoms with Crippen molar-refractivity contribution in [2.75, 3.05) is 6.61 Å². The molecule has 11 heteroatoms. The normalized spacial score (nSPS) is 25.7. The lowest BCUT2D eigenvalue weighted by Crippen LogP contribution is -2.64. The molecule has 2 heterocycles. The molecular formula is C23H24F3NO6S. The molecule has 184 valence electrons. The lowest BCUT2D eigenvalue weighted by Gasteiger charge is -2.48. The zero-order valence-electron chi connectivity index (χ0n) is 18.8. The number of rotatable bonds is 2. The topological polar surface area (TPSA) is 104 Å². The predicted octanol–water partition coefficient (Wildman–Crippen LogP) is 3.70. The monoisotopic (exact) mass is 499 g/mol. The SMILES string of the molecule is CC1(C)[C@@]2(C)CC[C@]1(C(=O)[n+]1ccc(-c3ccccc3)cc1)C(=O)OC2.O=S(=O)([O-])C(F)(F)F. The van der Waals surface area contributed by atoms with Crippen LogP contribution in [0.4, 0.5) is 13.2 Å². The van der Waals surface area contributed by atoms with Gasteiger partial charge in [-0.05, 0) is 24.0 Å². The zero-order chi connectivity index (χ0) is 25.6. The first-order valence-corrected chi connectivity index (χ1v) is 11.8. The Morgan fingerprint density at radius 1 is 1.00 bits per heavy atom. The third-order valence-electron chi connectivity index (χ3n) is 7.32. The van der Waals surface area contributed by atoms with E-state index < -0.39 is 26.5 Å². The average molecular weight is 500 g/mol. The summed E-state index contributed by atoms with van der Waals surface area (Å²) in [7, 11) is -6.09. The molecule has 7 nitrogen and oxygen atoms in total. The van der Waals surface area contributed by atoms with E-state index in [1.165, 1.54) is 0 Å². The summed E-state index contributed by atoms with van der Waals surface area (Å²) < 4.78 is 65.9. The smallest absolute Gasteiger partial charge is 0.485 e. The molecule has 0 spiro atoms. The van der Waals surface area contributed by atoms with Crippen LogP contribution in [-0.4, -0.2) is 37.0 Å². The van der Waals surface area contributed by atoms with Gasteiger partial charge in [0.25, 0.3) is 0 Å². The summed E-state index contributed by atoms with van der Waals surface area (Å²) in [6.07, 6.45) is 4.88. The van der Waals surface area contributed by atoms with Crippen LogP contribution in [0.25, 0.3) is 11.1 Å². The van der Waals surface area contributed by atoms with Crippen LogP contribution < -0.4 is 4.57 Å². The Hall–Kier alpha value is -2.79. The van der Waals surface area contributed by atoms with Gasteiger partial charge in [0.1, 0.15) is 0 Å². The largest absolute Gasteiger partial charge is 0.741 e. The average Bonchev–Trinajstić information content (AvgIpc) is 2.87. The summed E-state index contributed by atoms with van der Waals surface area (Å²) in [5, 5.41) is 0. The first-order chi connectivity index (χ1) is 15.6. The van der Waals surface area contributed by atoms with Gasteiger partial charge in [0.15, 0.2) is 27.9 Å². The lowest BCUT2D eigenvalue weighted by molar-refractivity contribution is -0.581. The van der Waals surface area contributed by atoms with Crippen LogP contribution in [0.2, 0.25) is 0 Å². The summed E-state index contributed by atoms with van der Waals surface area (Å²) in [5.41, 5.74) is -5.24. The first kappa shape index (κ1) is 25.8. The van der Waals surface area contributed by atoms with Gasteiger partial charge in [0.2, 0.25) is 0 Å². The minimum atomic E-state index is -6.09. The number of fused-ring (bicyclic) bond motifs is 2. The van der Waals surface area contributed by atoms with Gasteiger partial charge >= 0.3 is 17.4 Å². The fourth-order valence-electron chi connectivity index (χ4n) is 4.63. The van der Waals surface area contributed by atoms with Gasteiger partial charge in [-0.15, -0.1) is 4.57 Å². The van der Waals surface area contributed by atoms with Crippen LogP contribution in [-0.2, 0) is 19.6 Å². The van der Waals surface area contributed by atoms with E-state index in [0.29, 0.717) is 13.0 Å². The molecule has 1 aromatic heterocycles. The maximum Gasteiger partial charge on any atom is 0.485 e. The highest BCUT2D eigenvalue weighted by Gasteiger charge is 2.74. The second-order valence-electron chi connectivity index (χ2n) is 9.23. The van der Waals surface area contributed by atoms with Crippen molar-refractivity contribution in [3.63, 3.8) is 0 Å². The quantitative estimate of drug-likeness (QED) is 0.205. The molecule has 1 aliphatic heterocycles. The van der Waals surface area contributed by atoms with Crippen LogP contribution in [0, 0.1) is 16.2 Å². The van der Waals surface area contributed by atoms with Crippen molar-refractivity contribution in [3.8, 4) is 11.1 Å². The Morgan fingerprint density at radius 2 is 1.50 bits per heavy atom. The number of alkyl halides is 3. The minimum Gasteiger partial charge on any atom is -0.741 e. The summed E-state index contributed by atoms with van der Waals surface area (Å²) in [6, 6.07) is 13.8. The van der Waals surface area contributed by atoms with Crippen molar-refractivity contribution < 1.29 is 45.0 Å². The van der Waals surface area contributed by atoms with Crippen molar-refractivity contribution >= 4 is 22.0 Å². The number of carbonyl (C=O) groups excluding carboxylic acids is 2. The van der Waals surface area contributed by atoms with Crippen molar-refractivity contribution in [1.82, 2.24) is 0 Å². The first-order valence-electron chi connectivity index (χ1n) is 10.4. The van der Waals surface area contributed by atoms with Gasteiger partial charge in [0, 0.05) is 23.0 Å². The summed E-state index contributed by atoms with van der Waals surface area (Å²) in [6.45, 7) is 6.59. The molecular weight excluding hydrogens is 475 g/mol. The van der Waals surface area contributed by atoms with Crippen molar-refractivity contribution in [1.29, 1.82) is 0 Å². The van der Waals surface area contributed by atoms with E-state index in [4.69, 9.17) is 17.7 Å². The van der Waals surface area contributed by atoms with E-state index in [9.17, 15) is 22.8 Å². The number of nitrogens with zero attached hydrogens (tertiary/aromatic N) is 1. The standard InChI is InChI=1S/C22H24NO3.CHF3O3S/c1-20(2)21(3)11-12-22(20,19(25)26-15-21)18(24)23-13-9-17(10-14-23)16-7-5-4-6-8-16;2-1(3,4)8(5,6)7/h4-10,13-14H,11-12,15H2,1-3H3;(H,5,6,7)/q+1;/p-1/t21-,22-;/m0./s1. The van der Waals surface area contributed by atoms with Gasteiger partial charge < -0.3 is 9.29 Å². The number of hydrogen-bond donors (Lipinski definition) is 0. The molecule has 1 aliphatic carbocycles. The molecule has 2 fully saturated rings. The van der Waals surface area contributed by atoms with E-state index in [-0.39, 0.29) is 17.3 Å². The number of carbonyl (C=O) groups is 2. The molecule has 0 unspecified atom stereocenters. The van der Waals surface area contributed by atoms with Gasteiger partial charge in [-0.1, -0.05) is 51.1 Å². The number of esters is 1. The third-order valence-corrected chi connectivity index (χ3v) is 7.88. The van der Waals surface area contributed by atoms with Crippen LogP contribution in [0.1, 0.15) is 38.4 Å². The number of benzene rings is 1. The molecule has 4 rings (SSSR count). The molecule has 0 amide bonds. The Kier molecular flexibility index (Phi) is 6.42. The minimum absolute atomic E-state index is 0.166. The second kappa shape index (κ2) is 8.46. The molecule has 1 saturated carbocycles. The maximum absolute atomic E-state index is 13.5. The molecule has 0 N–H and O–H groups in total. The van der Waals surface area contributed by atoms with E-state index >= 15 is 0 Å². The van der Waals surface area contributed by atoms with Crippen molar-refractivity contribution in [2.45, 2.75) is 39.1 Å². The summed E-state index contributed by atoms with van der Waals surface area (Å²) >= 11 is 0. The molecule has 1 aromatic carbocycles. The second-order valence-corrected chi connectivity index (χ2v) is 10.6. The maximum atomic E-state index is 13.5. The molecule has 1 saturated heterocycles. The number of pyridine rings is 1. The number of ether oxygens (including phenoxy) is 1. The molecule has 0 radical (unpaired) electrons. The Morgan fingerprint density at radius 3 is 2.00 bits per heavy atom. The van der Waals surface area contributed by atoms with E-state index in [1.54, 1.807) is 17.0 Å². The van der Waals surface area contributed by atoms with Crippen LogP contribution in [0.15, 0.2) is 54.9 Å². The highest BCUT2D eigenvalue weighted by Crippen LogP contribution is 2.65. The Balaban J connectivity index is 0.000000350. The van der Waals surface area contributed by atoms with Crippen LogP contribution in [0.3, 0.4) is 0 Å². The van der Waals surface area contributed by atoms with Crippen LogP contribution in [0.5, 0.6) is 0 Å². The molecule has 34 heavy (non-hydrogen) atoms.